The van der Waals surface area contributed by atoms with E-state index in [4.69, 9.17) is 19.9 Å². The predicted molar refractivity (Wildman–Crippen MR) is 103 cm³/mol. The molecule has 0 spiro atoms. The molecule has 0 fully saturated rings. The number of carbonyl (C=O) groups is 2. The van der Waals surface area contributed by atoms with Crippen LogP contribution in [0.1, 0.15) is 20.8 Å². The fraction of sp³-hybridized carbons (Fsp3) is 0.500. The van der Waals surface area contributed by atoms with E-state index >= 15 is 0 Å². The van der Waals surface area contributed by atoms with Crippen LogP contribution in [0.5, 0.6) is 5.75 Å². The minimum Gasteiger partial charge on any atom is -0.489 e. The van der Waals surface area contributed by atoms with Gasteiger partial charge in [-0.2, -0.15) is 0 Å². The molecule has 1 atom stereocenters. The molecule has 3 N–H and O–H groups in total. The summed E-state index contributed by atoms with van der Waals surface area (Å²) >= 11 is 0. The van der Waals surface area contributed by atoms with E-state index in [0.717, 1.165) is 0 Å². The SMILES string of the molecule is COC(=O)C(COc1cc2c(cc1N)n(C)c(=O)n2C)NC(=O)OC(C)(C)C. The molecule has 0 aliphatic rings. The van der Waals surface area contributed by atoms with Crippen molar-refractivity contribution >= 4 is 28.8 Å². The molecule has 2 rings (SSSR count). The van der Waals surface area contributed by atoms with E-state index in [-0.39, 0.29) is 23.7 Å². The van der Waals surface area contributed by atoms with Crippen molar-refractivity contribution < 1.29 is 23.8 Å². The normalized spacial score (nSPS) is 12.5. The number of hydrogen-bond acceptors (Lipinski definition) is 7. The maximum absolute atomic E-state index is 12.1. The van der Waals surface area contributed by atoms with Gasteiger partial charge in [-0.3, -0.25) is 9.13 Å². The van der Waals surface area contributed by atoms with Gasteiger partial charge in [-0.15, -0.1) is 0 Å². The summed E-state index contributed by atoms with van der Waals surface area (Å²) < 4.78 is 18.4. The van der Waals surface area contributed by atoms with Crippen molar-refractivity contribution in [2.75, 3.05) is 19.5 Å². The van der Waals surface area contributed by atoms with Crippen molar-refractivity contribution in [1.82, 2.24) is 14.5 Å². The molecule has 0 saturated heterocycles. The number of aryl methyl sites for hydroxylation is 2. The quantitative estimate of drug-likeness (QED) is 0.570. The second-order valence-electron chi connectivity index (χ2n) is 7.31. The number of fused-ring (bicyclic) bond motifs is 1. The molecule has 1 aromatic carbocycles. The van der Waals surface area contributed by atoms with Gasteiger partial charge in [-0.1, -0.05) is 0 Å². The van der Waals surface area contributed by atoms with Gasteiger partial charge in [0.25, 0.3) is 0 Å². The maximum Gasteiger partial charge on any atom is 0.408 e. The molecule has 1 heterocycles. The average Bonchev–Trinajstić information content (AvgIpc) is 2.80. The fourth-order valence-electron chi connectivity index (χ4n) is 2.60. The second kappa shape index (κ2) is 7.83. The Bertz CT molecular complexity index is 954. The lowest BCUT2D eigenvalue weighted by Gasteiger charge is -2.22. The van der Waals surface area contributed by atoms with Crippen LogP contribution in [-0.2, 0) is 28.4 Å². The highest BCUT2D eigenvalue weighted by Crippen LogP contribution is 2.27. The number of nitrogens with zero attached hydrogens (tertiary/aromatic N) is 2. The number of methoxy groups -OCH3 is 1. The van der Waals surface area contributed by atoms with Gasteiger partial charge in [-0.05, 0) is 26.8 Å². The lowest BCUT2D eigenvalue weighted by molar-refractivity contribution is -0.143. The number of benzene rings is 1. The minimum absolute atomic E-state index is 0.203. The Hall–Kier alpha value is -3.17. The van der Waals surface area contributed by atoms with Gasteiger partial charge < -0.3 is 25.3 Å². The number of alkyl carbamates (subject to hydrolysis) is 1. The van der Waals surface area contributed by atoms with Gasteiger partial charge >= 0.3 is 17.8 Å². The molecule has 154 valence electrons. The zero-order valence-electron chi connectivity index (χ0n) is 16.9. The Balaban J connectivity index is 2.21. The number of amides is 1. The highest BCUT2D eigenvalue weighted by atomic mass is 16.6. The van der Waals surface area contributed by atoms with Crippen LogP contribution in [0.25, 0.3) is 11.0 Å². The Kier molecular flexibility index (Phi) is 5.91. The molecule has 0 aliphatic carbocycles. The highest BCUT2D eigenvalue weighted by molar-refractivity contribution is 5.84. The third kappa shape index (κ3) is 4.56. The summed E-state index contributed by atoms with van der Waals surface area (Å²) in [6.45, 7) is 4.88. The zero-order chi connectivity index (χ0) is 21.2. The summed E-state index contributed by atoms with van der Waals surface area (Å²) in [4.78, 5) is 36.0. The number of nitrogens with one attached hydrogen (secondary N) is 1. The first-order valence-corrected chi connectivity index (χ1v) is 8.59. The summed E-state index contributed by atoms with van der Waals surface area (Å²) in [6.07, 6.45) is -0.777. The first kappa shape index (κ1) is 21.1. The molecule has 1 aromatic heterocycles. The number of imidazole rings is 1. The van der Waals surface area contributed by atoms with Crippen molar-refractivity contribution in [2.45, 2.75) is 32.4 Å². The van der Waals surface area contributed by atoms with Crippen molar-refractivity contribution in [1.29, 1.82) is 0 Å². The Labute approximate surface area is 162 Å². The molecule has 10 heteroatoms. The number of aromatic nitrogens is 2. The van der Waals surface area contributed by atoms with Crippen LogP contribution >= 0.6 is 0 Å². The van der Waals surface area contributed by atoms with Crippen molar-refractivity contribution in [2.24, 2.45) is 14.1 Å². The van der Waals surface area contributed by atoms with Gasteiger partial charge in [0.15, 0.2) is 6.04 Å². The van der Waals surface area contributed by atoms with Crippen LogP contribution in [0, 0.1) is 0 Å². The first-order valence-electron chi connectivity index (χ1n) is 8.59. The number of anilines is 1. The third-order valence-corrected chi connectivity index (χ3v) is 3.99. The van der Waals surface area contributed by atoms with E-state index in [1.807, 2.05) is 0 Å². The van der Waals surface area contributed by atoms with Crippen LogP contribution in [0.3, 0.4) is 0 Å². The third-order valence-electron chi connectivity index (χ3n) is 3.99. The lowest BCUT2D eigenvalue weighted by atomic mass is 10.2. The van der Waals surface area contributed by atoms with E-state index in [1.54, 1.807) is 47.0 Å². The van der Waals surface area contributed by atoms with Gasteiger partial charge in [0.2, 0.25) is 0 Å². The number of ether oxygens (including phenoxy) is 3. The van der Waals surface area contributed by atoms with Crippen LogP contribution in [0.15, 0.2) is 16.9 Å². The number of rotatable bonds is 5. The molecular formula is C18H26N4O6. The van der Waals surface area contributed by atoms with Crippen molar-refractivity contribution in [3.8, 4) is 5.75 Å². The number of hydrogen-bond donors (Lipinski definition) is 2. The van der Waals surface area contributed by atoms with Gasteiger partial charge in [0, 0.05) is 20.2 Å². The summed E-state index contributed by atoms with van der Waals surface area (Å²) in [7, 11) is 4.47. The summed E-state index contributed by atoms with van der Waals surface area (Å²) in [5.74, 6) is -0.425. The fourth-order valence-corrected chi connectivity index (χ4v) is 2.60. The largest absolute Gasteiger partial charge is 0.489 e. The molecule has 0 bridgehead atoms. The number of esters is 1. The predicted octanol–water partition coefficient (Wildman–Crippen LogP) is 0.904. The maximum atomic E-state index is 12.1. The minimum atomic E-state index is -1.10. The van der Waals surface area contributed by atoms with Gasteiger partial charge in [-0.25, -0.2) is 14.4 Å². The molecule has 28 heavy (non-hydrogen) atoms. The van der Waals surface area contributed by atoms with Crippen molar-refractivity contribution in [3.63, 3.8) is 0 Å². The molecular weight excluding hydrogens is 368 g/mol. The molecule has 2 aromatic rings. The van der Waals surface area contributed by atoms with E-state index in [0.29, 0.717) is 11.0 Å². The van der Waals surface area contributed by atoms with E-state index in [1.165, 1.54) is 16.2 Å². The van der Waals surface area contributed by atoms with E-state index < -0.39 is 23.7 Å². The van der Waals surface area contributed by atoms with E-state index in [2.05, 4.69) is 5.32 Å². The van der Waals surface area contributed by atoms with Crippen molar-refractivity contribution in [3.05, 3.63) is 22.6 Å². The second-order valence-corrected chi connectivity index (χ2v) is 7.31. The molecule has 0 saturated carbocycles. The Morgan fingerprint density at radius 2 is 1.75 bits per heavy atom. The van der Waals surface area contributed by atoms with Crippen LogP contribution in [0.2, 0.25) is 0 Å². The number of nitrogens with two attached hydrogens (primary N) is 1. The Morgan fingerprint density at radius 3 is 2.29 bits per heavy atom. The summed E-state index contributed by atoms with van der Waals surface area (Å²) in [6, 6.07) is 2.11. The van der Waals surface area contributed by atoms with E-state index in [9.17, 15) is 14.4 Å². The topological polar surface area (TPSA) is 127 Å². The Morgan fingerprint density at radius 1 is 1.18 bits per heavy atom. The monoisotopic (exact) mass is 394 g/mol. The summed E-state index contributed by atoms with van der Waals surface area (Å²) in [5.41, 5.74) is 6.64. The molecule has 10 nitrogen and oxygen atoms in total. The van der Waals surface area contributed by atoms with Gasteiger partial charge in [0.05, 0.1) is 23.8 Å². The van der Waals surface area contributed by atoms with Gasteiger partial charge in [0.1, 0.15) is 18.0 Å². The summed E-state index contributed by atoms with van der Waals surface area (Å²) in [5, 5.41) is 2.41. The molecule has 1 amide bonds. The van der Waals surface area contributed by atoms with Crippen LogP contribution in [-0.4, -0.2) is 46.6 Å². The standard InChI is InChI=1S/C18H26N4O6/c1-18(2,3)28-16(24)20-11(15(23)26-6)9-27-14-8-13-12(7-10(14)19)21(4)17(25)22(13)5/h7-8,11H,9,19H2,1-6H3,(H,20,24). The number of nitrogen functional groups attached to an aromatic ring is 1. The van der Waals surface area contributed by atoms with Crippen LogP contribution in [0.4, 0.5) is 10.5 Å². The smallest absolute Gasteiger partial charge is 0.408 e. The zero-order valence-corrected chi connectivity index (χ0v) is 16.9. The first-order chi connectivity index (χ1) is 12.9. The number of carbonyl (C=O) groups excluding carboxylic acids is 2. The van der Waals surface area contributed by atoms with Crippen LogP contribution < -0.4 is 21.5 Å². The molecule has 0 radical (unpaired) electrons. The lowest BCUT2D eigenvalue weighted by Crippen LogP contribution is -2.47. The highest BCUT2D eigenvalue weighted by Gasteiger charge is 2.26. The average molecular weight is 394 g/mol. The molecule has 1 unspecified atom stereocenters. The molecule has 0 aliphatic heterocycles.